The molecule has 2 aliphatic rings. The second kappa shape index (κ2) is 7.61. The van der Waals surface area contributed by atoms with Gasteiger partial charge in [0.2, 0.25) is 6.36 Å². The SMILES string of the molecule is OC[C@H]1O[C@@H](O[C@@H]2[C@@H](O)[C@@H](F)O[C@H](CO)[C@H]2O)[C@H](O)[C@@H](O)[C@@H]1O. The lowest BCUT2D eigenvalue weighted by Crippen LogP contribution is -2.64. The zero-order valence-electron chi connectivity index (χ0n) is 11.9. The molecule has 10 atom stereocenters. The van der Waals surface area contributed by atoms with Crippen molar-refractivity contribution in [3.63, 3.8) is 0 Å². The second-order valence-electron chi connectivity index (χ2n) is 5.49. The zero-order chi connectivity index (χ0) is 17.3. The van der Waals surface area contributed by atoms with Crippen molar-refractivity contribution in [3.8, 4) is 0 Å². The summed E-state index contributed by atoms with van der Waals surface area (Å²) in [5.74, 6) is 0. The van der Waals surface area contributed by atoms with Gasteiger partial charge in [0.15, 0.2) is 6.29 Å². The van der Waals surface area contributed by atoms with Crippen molar-refractivity contribution in [3.05, 3.63) is 0 Å². The van der Waals surface area contributed by atoms with Crippen molar-refractivity contribution in [2.24, 2.45) is 0 Å². The summed E-state index contributed by atoms with van der Waals surface area (Å²) >= 11 is 0. The number of halogens is 1. The third-order valence-corrected chi connectivity index (χ3v) is 3.95. The molecule has 11 heteroatoms. The quantitative estimate of drug-likeness (QED) is 0.264. The molecule has 2 fully saturated rings. The Hall–Kier alpha value is -0.470. The fourth-order valence-corrected chi connectivity index (χ4v) is 2.54. The van der Waals surface area contributed by atoms with Gasteiger partial charge in [0, 0.05) is 0 Å². The summed E-state index contributed by atoms with van der Waals surface area (Å²) in [5, 5.41) is 66.9. The number of rotatable bonds is 4. The molecular formula is C12H21FO10. The van der Waals surface area contributed by atoms with E-state index < -0.39 is 74.7 Å². The van der Waals surface area contributed by atoms with Crippen LogP contribution in [0.4, 0.5) is 4.39 Å². The predicted molar refractivity (Wildman–Crippen MR) is 67.5 cm³/mol. The standard InChI is InChI=1S/C12H21FO10/c13-11-9(20)10(6(17)4(2-15)21-11)23-12-8(19)7(18)5(16)3(1-14)22-12/h3-12,14-20H,1-2H2/t3-,4-,5-,6-,7+,8-,9-,10+,11+,12+/m1/s1. The van der Waals surface area contributed by atoms with Crippen LogP contribution in [0.5, 0.6) is 0 Å². The van der Waals surface area contributed by atoms with Crippen LogP contribution in [0.15, 0.2) is 0 Å². The summed E-state index contributed by atoms with van der Waals surface area (Å²) < 4.78 is 28.3. The molecule has 0 amide bonds. The normalized spacial score (nSPS) is 51.7. The minimum absolute atomic E-state index is 0.700. The average Bonchev–Trinajstić information content (AvgIpc) is 2.54. The lowest BCUT2D eigenvalue weighted by molar-refractivity contribution is -0.349. The van der Waals surface area contributed by atoms with Gasteiger partial charge in [0.05, 0.1) is 13.2 Å². The first-order chi connectivity index (χ1) is 10.8. The molecule has 2 heterocycles. The summed E-state index contributed by atoms with van der Waals surface area (Å²) in [6.45, 7) is -1.45. The van der Waals surface area contributed by atoms with Crippen LogP contribution in [0, 0.1) is 0 Å². The van der Waals surface area contributed by atoms with Gasteiger partial charge in [-0.1, -0.05) is 0 Å². The van der Waals surface area contributed by atoms with E-state index in [9.17, 15) is 29.9 Å². The van der Waals surface area contributed by atoms with E-state index in [1.54, 1.807) is 0 Å². The third kappa shape index (κ3) is 3.64. The van der Waals surface area contributed by atoms with Gasteiger partial charge in [-0.3, -0.25) is 0 Å². The minimum atomic E-state index is -2.26. The van der Waals surface area contributed by atoms with Gasteiger partial charge in [-0.15, -0.1) is 0 Å². The molecule has 7 N–H and O–H groups in total. The highest BCUT2D eigenvalue weighted by atomic mass is 19.1. The van der Waals surface area contributed by atoms with Crippen molar-refractivity contribution in [2.75, 3.05) is 13.2 Å². The molecule has 2 saturated heterocycles. The third-order valence-electron chi connectivity index (χ3n) is 3.95. The van der Waals surface area contributed by atoms with Crippen LogP contribution >= 0.6 is 0 Å². The van der Waals surface area contributed by atoms with Crippen molar-refractivity contribution < 1.29 is 54.3 Å². The molecule has 2 aliphatic heterocycles. The maximum atomic E-state index is 13.6. The number of hydrogen-bond donors (Lipinski definition) is 7. The van der Waals surface area contributed by atoms with Crippen LogP contribution in [0.2, 0.25) is 0 Å². The average molecular weight is 344 g/mol. The Balaban J connectivity index is 2.11. The zero-order valence-corrected chi connectivity index (χ0v) is 11.9. The number of hydrogen-bond acceptors (Lipinski definition) is 10. The number of alkyl halides is 1. The highest BCUT2D eigenvalue weighted by Gasteiger charge is 2.50. The van der Waals surface area contributed by atoms with E-state index in [1.807, 2.05) is 0 Å². The molecule has 136 valence electrons. The van der Waals surface area contributed by atoms with Crippen LogP contribution in [0.1, 0.15) is 0 Å². The number of aliphatic hydroxyl groups is 7. The van der Waals surface area contributed by atoms with Gasteiger partial charge in [0.25, 0.3) is 0 Å². The van der Waals surface area contributed by atoms with Crippen LogP contribution < -0.4 is 0 Å². The van der Waals surface area contributed by atoms with Crippen molar-refractivity contribution in [1.82, 2.24) is 0 Å². The highest BCUT2D eigenvalue weighted by molar-refractivity contribution is 4.93. The van der Waals surface area contributed by atoms with Crippen molar-refractivity contribution in [1.29, 1.82) is 0 Å². The second-order valence-corrected chi connectivity index (χ2v) is 5.49. The molecule has 0 aromatic rings. The first-order valence-electron chi connectivity index (χ1n) is 7.04. The van der Waals surface area contributed by atoms with Gasteiger partial charge in [0.1, 0.15) is 48.8 Å². The minimum Gasteiger partial charge on any atom is -0.394 e. The van der Waals surface area contributed by atoms with E-state index in [1.165, 1.54) is 0 Å². The highest BCUT2D eigenvalue weighted by Crippen LogP contribution is 2.29. The van der Waals surface area contributed by atoms with Crippen LogP contribution in [0.25, 0.3) is 0 Å². The number of aliphatic hydroxyl groups excluding tert-OH is 7. The Bertz CT molecular complexity index is 385. The smallest absolute Gasteiger partial charge is 0.228 e. The molecule has 0 aliphatic carbocycles. The molecule has 0 radical (unpaired) electrons. The Labute approximate surface area is 130 Å². The van der Waals surface area contributed by atoms with Crippen LogP contribution in [-0.2, 0) is 14.2 Å². The molecule has 0 spiro atoms. The topological polar surface area (TPSA) is 169 Å². The molecule has 0 aromatic carbocycles. The molecule has 2 rings (SSSR count). The van der Waals surface area contributed by atoms with E-state index in [-0.39, 0.29) is 0 Å². The lowest BCUT2D eigenvalue weighted by atomic mass is 9.97. The van der Waals surface area contributed by atoms with Crippen molar-refractivity contribution in [2.45, 2.75) is 61.5 Å². The first kappa shape index (κ1) is 18.9. The predicted octanol–water partition coefficient (Wildman–Crippen LogP) is -4.42. The van der Waals surface area contributed by atoms with E-state index in [4.69, 9.17) is 19.7 Å². The first-order valence-corrected chi connectivity index (χ1v) is 7.04. The molecule has 0 bridgehead atoms. The van der Waals surface area contributed by atoms with Gasteiger partial charge >= 0.3 is 0 Å². The van der Waals surface area contributed by atoms with Crippen LogP contribution in [0.3, 0.4) is 0 Å². The summed E-state index contributed by atoms with van der Waals surface area (Å²) in [6.07, 6.45) is -16.9. The summed E-state index contributed by atoms with van der Waals surface area (Å²) in [7, 11) is 0. The fourth-order valence-electron chi connectivity index (χ4n) is 2.54. The fraction of sp³-hybridized carbons (Fsp3) is 1.00. The van der Waals surface area contributed by atoms with E-state index in [2.05, 4.69) is 4.74 Å². The van der Waals surface area contributed by atoms with Gasteiger partial charge in [-0.25, -0.2) is 4.39 Å². The molecule has 0 unspecified atom stereocenters. The monoisotopic (exact) mass is 344 g/mol. The Kier molecular flexibility index (Phi) is 6.24. The summed E-state index contributed by atoms with van der Waals surface area (Å²) in [6, 6.07) is 0. The van der Waals surface area contributed by atoms with Gasteiger partial charge in [-0.2, -0.15) is 0 Å². The lowest BCUT2D eigenvalue weighted by Gasteiger charge is -2.44. The van der Waals surface area contributed by atoms with Gasteiger partial charge in [-0.05, 0) is 0 Å². The maximum Gasteiger partial charge on any atom is 0.228 e. The van der Waals surface area contributed by atoms with Gasteiger partial charge < -0.3 is 50.0 Å². The van der Waals surface area contributed by atoms with E-state index in [0.29, 0.717) is 0 Å². The summed E-state index contributed by atoms with van der Waals surface area (Å²) in [5.41, 5.74) is 0. The molecular weight excluding hydrogens is 323 g/mol. The van der Waals surface area contributed by atoms with Crippen LogP contribution in [-0.4, -0.2) is 110 Å². The van der Waals surface area contributed by atoms with E-state index >= 15 is 0 Å². The Morgan fingerprint density at radius 3 is 1.87 bits per heavy atom. The Morgan fingerprint density at radius 1 is 0.739 bits per heavy atom. The largest absolute Gasteiger partial charge is 0.394 e. The molecule has 23 heavy (non-hydrogen) atoms. The molecule has 0 aromatic heterocycles. The Morgan fingerprint density at radius 2 is 1.30 bits per heavy atom. The van der Waals surface area contributed by atoms with Crippen molar-refractivity contribution >= 4 is 0 Å². The summed E-state index contributed by atoms with van der Waals surface area (Å²) in [4.78, 5) is 0. The van der Waals surface area contributed by atoms with E-state index in [0.717, 1.165) is 0 Å². The number of ether oxygens (including phenoxy) is 3. The molecule has 0 saturated carbocycles. The molecule has 10 nitrogen and oxygen atoms in total. The maximum absolute atomic E-state index is 13.6.